The monoisotopic (exact) mass is 785 g/mol. The van der Waals surface area contributed by atoms with Crippen molar-refractivity contribution in [3.05, 3.63) is 48.1 Å². The molecule has 5 aliphatic rings. The van der Waals surface area contributed by atoms with Gasteiger partial charge in [0.15, 0.2) is 11.5 Å². The second kappa shape index (κ2) is 15.7. The first-order valence-electron chi connectivity index (χ1n) is 18.7. The van der Waals surface area contributed by atoms with Gasteiger partial charge in [-0.2, -0.15) is 0 Å². The molecule has 1 aromatic carbocycles. The Morgan fingerprint density at radius 1 is 1.09 bits per heavy atom. The van der Waals surface area contributed by atoms with Crippen LogP contribution in [-0.4, -0.2) is 104 Å². The molecule has 5 atom stereocenters. The zero-order chi connectivity index (χ0) is 39.7. The Labute approximate surface area is 321 Å². The van der Waals surface area contributed by atoms with E-state index in [-0.39, 0.29) is 45.7 Å². The van der Waals surface area contributed by atoms with Gasteiger partial charge in [0.1, 0.15) is 30.3 Å². The van der Waals surface area contributed by atoms with Crippen molar-refractivity contribution in [1.82, 2.24) is 25.2 Å². The van der Waals surface area contributed by atoms with E-state index in [1.54, 1.807) is 26.8 Å². The van der Waals surface area contributed by atoms with E-state index in [4.69, 9.17) is 18.9 Å². The number of hydrogen-bond acceptors (Lipinski definition) is 11. The van der Waals surface area contributed by atoms with Gasteiger partial charge in [0, 0.05) is 24.4 Å². The first kappa shape index (κ1) is 39.9. The van der Waals surface area contributed by atoms with Gasteiger partial charge in [0.25, 0.3) is 5.91 Å². The molecule has 3 fully saturated rings. The van der Waals surface area contributed by atoms with E-state index in [1.807, 2.05) is 18.2 Å². The number of allylic oxidation sites excluding steroid dienone is 1. The minimum absolute atomic E-state index is 0.105. The van der Waals surface area contributed by atoms with Gasteiger partial charge in [-0.15, -0.1) is 6.58 Å². The predicted molar refractivity (Wildman–Crippen MR) is 198 cm³/mol. The highest BCUT2D eigenvalue weighted by atomic mass is 32.2. The number of methoxy groups -OCH3 is 1. The molecule has 0 radical (unpaired) electrons. The maximum Gasteiger partial charge on any atom is 0.410 e. The second-order valence-electron chi connectivity index (χ2n) is 15.9. The molecular formula is C38H51N5O11S. The second-order valence-corrected chi connectivity index (χ2v) is 17.8. The van der Waals surface area contributed by atoms with E-state index in [9.17, 15) is 32.4 Å². The molecule has 16 nitrogen and oxygen atoms in total. The summed E-state index contributed by atoms with van der Waals surface area (Å²) in [5, 5.41) is 4.75. The number of nitrogens with one attached hydrogen (secondary N) is 3. The maximum absolute atomic E-state index is 14.5. The summed E-state index contributed by atoms with van der Waals surface area (Å²) in [5.41, 5.74) is -0.820. The molecule has 55 heavy (non-hydrogen) atoms. The minimum Gasteiger partial charge on any atom is -0.493 e. The lowest BCUT2D eigenvalue weighted by molar-refractivity contribution is -0.142. The Balaban J connectivity index is 1.27. The summed E-state index contributed by atoms with van der Waals surface area (Å²) in [7, 11) is -2.39. The fraction of sp³-hybridized carbons (Fsp3) is 0.605. The molecule has 5 amide bonds. The van der Waals surface area contributed by atoms with E-state index in [0.29, 0.717) is 37.2 Å². The van der Waals surface area contributed by atoms with Crippen molar-refractivity contribution in [2.45, 2.75) is 108 Å². The maximum atomic E-state index is 14.5. The lowest BCUT2D eigenvalue weighted by Gasteiger charge is -2.35. The molecule has 0 spiro atoms. The van der Waals surface area contributed by atoms with Crippen molar-refractivity contribution in [1.29, 1.82) is 0 Å². The predicted octanol–water partition coefficient (Wildman–Crippen LogP) is 3.05. The lowest BCUT2D eigenvalue weighted by Crippen LogP contribution is -2.60. The molecule has 1 aromatic rings. The first-order valence-corrected chi connectivity index (χ1v) is 20.3. The van der Waals surface area contributed by atoms with Crippen molar-refractivity contribution in [3.63, 3.8) is 0 Å². The number of sulfonamides is 1. The number of cyclic esters (lactones) is 1. The number of carbonyl (C=O) groups excluding carboxylic acids is 5. The molecule has 2 saturated carbocycles. The van der Waals surface area contributed by atoms with Crippen LogP contribution in [0, 0.1) is 11.3 Å². The Bertz CT molecular complexity index is 1860. The normalized spacial score (nSPS) is 28.3. The van der Waals surface area contributed by atoms with Gasteiger partial charge >= 0.3 is 12.2 Å². The summed E-state index contributed by atoms with van der Waals surface area (Å²) in [6.07, 6.45) is 5.78. The van der Waals surface area contributed by atoms with Crippen LogP contribution < -0.4 is 24.8 Å². The third-order valence-corrected chi connectivity index (χ3v) is 12.6. The fourth-order valence-corrected chi connectivity index (χ4v) is 8.66. The SMILES string of the molecule is C=C[C@H]1C[C@@]1(NC(=O)C1C[C@@H]2CN1C(=O)[C@H](C(C)(C)C)NC(=O)OCCCC/C=C/COc1c(OC)ccc3c1CN(C3)C(=O)O2)C(=O)NS(=O)(=O)C1CC1. The molecule has 4 bridgehead atoms. The van der Waals surface area contributed by atoms with Crippen LogP contribution in [-0.2, 0) is 47.0 Å². The van der Waals surface area contributed by atoms with Gasteiger partial charge in [0.2, 0.25) is 21.8 Å². The molecule has 300 valence electrons. The van der Waals surface area contributed by atoms with Crippen LogP contribution in [0.3, 0.4) is 0 Å². The Hall–Kier alpha value is -4.80. The third-order valence-electron chi connectivity index (χ3n) is 10.7. The Kier molecular flexibility index (Phi) is 11.4. The summed E-state index contributed by atoms with van der Waals surface area (Å²) in [4.78, 5) is 71.6. The molecule has 1 unspecified atom stereocenters. The highest BCUT2D eigenvalue weighted by Crippen LogP contribution is 2.46. The lowest BCUT2D eigenvalue weighted by atomic mass is 9.85. The minimum atomic E-state index is -3.93. The number of ether oxygens (including phenoxy) is 4. The van der Waals surface area contributed by atoms with Gasteiger partial charge in [-0.1, -0.05) is 45.1 Å². The molecule has 6 rings (SSSR count). The van der Waals surface area contributed by atoms with Crippen LogP contribution in [0.25, 0.3) is 0 Å². The molecule has 3 aliphatic heterocycles. The smallest absolute Gasteiger partial charge is 0.410 e. The van der Waals surface area contributed by atoms with Gasteiger partial charge in [0.05, 0.1) is 32.1 Å². The number of nitrogens with zero attached hydrogens (tertiary/aromatic N) is 2. The Morgan fingerprint density at radius 3 is 2.53 bits per heavy atom. The summed E-state index contributed by atoms with van der Waals surface area (Å²) >= 11 is 0. The molecule has 3 N–H and O–H groups in total. The van der Waals surface area contributed by atoms with Crippen molar-refractivity contribution < 1.29 is 51.3 Å². The number of carbonyl (C=O) groups is 5. The molecule has 1 saturated heterocycles. The first-order chi connectivity index (χ1) is 26.1. The standard InChI is InChI=1S/C38H51N5O11S/c1-6-24-19-38(24,34(46)41-55(49,50)26-13-14-26)40-32(44)28-18-25-21-43(28)33(45)31(37(2,3)4)39-35(47)53-17-11-9-7-8-10-16-52-30-27-22-42(36(48)54-25)20-23(27)12-15-29(30)51-5/h6,8,10,12,15,24-26,28,31H,1,7,9,11,13-14,16-22H2,2-5H3,(H,39,47)(H,40,44)(H,41,46)/b10-8+/t24-,25+,28?,31+,38-/m0/s1. The van der Waals surface area contributed by atoms with E-state index >= 15 is 0 Å². The van der Waals surface area contributed by atoms with Crippen LogP contribution >= 0.6 is 0 Å². The van der Waals surface area contributed by atoms with Crippen LogP contribution in [0.5, 0.6) is 11.5 Å². The topological polar surface area (TPSA) is 199 Å². The van der Waals surface area contributed by atoms with Gasteiger partial charge < -0.3 is 34.5 Å². The summed E-state index contributed by atoms with van der Waals surface area (Å²) in [6, 6.07) is 1.23. The van der Waals surface area contributed by atoms with E-state index in [1.165, 1.54) is 23.0 Å². The zero-order valence-electron chi connectivity index (χ0n) is 31.8. The zero-order valence-corrected chi connectivity index (χ0v) is 32.6. The summed E-state index contributed by atoms with van der Waals surface area (Å²) in [5.74, 6) is -1.77. The van der Waals surface area contributed by atoms with E-state index in [2.05, 4.69) is 21.9 Å². The quantitative estimate of drug-likeness (QED) is 0.344. The molecular weight excluding hydrogens is 735 g/mol. The van der Waals surface area contributed by atoms with Crippen LogP contribution in [0.15, 0.2) is 36.9 Å². The number of amides is 5. The van der Waals surface area contributed by atoms with Crippen molar-refractivity contribution in [3.8, 4) is 11.5 Å². The van der Waals surface area contributed by atoms with Crippen molar-refractivity contribution in [2.75, 3.05) is 26.9 Å². The average Bonchev–Trinajstić information content (AvgIpc) is 4.02. The highest BCUT2D eigenvalue weighted by Gasteiger charge is 2.62. The molecule has 2 aliphatic carbocycles. The van der Waals surface area contributed by atoms with Gasteiger partial charge in [-0.3, -0.25) is 24.0 Å². The number of hydrogen-bond donors (Lipinski definition) is 3. The van der Waals surface area contributed by atoms with Crippen molar-refractivity contribution in [2.24, 2.45) is 11.3 Å². The van der Waals surface area contributed by atoms with Crippen LogP contribution in [0.1, 0.15) is 76.8 Å². The average molecular weight is 786 g/mol. The van der Waals surface area contributed by atoms with E-state index in [0.717, 1.165) is 17.5 Å². The summed E-state index contributed by atoms with van der Waals surface area (Å²) < 4.78 is 50.6. The van der Waals surface area contributed by atoms with Crippen LogP contribution in [0.2, 0.25) is 0 Å². The number of rotatable bonds is 7. The number of fused-ring (bicyclic) bond motifs is 3. The molecule has 3 heterocycles. The highest BCUT2D eigenvalue weighted by molar-refractivity contribution is 7.91. The van der Waals surface area contributed by atoms with Crippen molar-refractivity contribution >= 4 is 39.9 Å². The number of alkyl carbamates (subject to hydrolysis) is 1. The number of benzene rings is 1. The molecule has 17 heteroatoms. The van der Waals surface area contributed by atoms with Gasteiger partial charge in [-0.25, -0.2) is 18.0 Å². The third kappa shape index (κ3) is 8.71. The van der Waals surface area contributed by atoms with Crippen LogP contribution in [0.4, 0.5) is 9.59 Å². The fourth-order valence-electron chi connectivity index (χ4n) is 7.30. The molecule has 0 aromatic heterocycles. The van der Waals surface area contributed by atoms with Gasteiger partial charge in [-0.05, 0) is 55.6 Å². The summed E-state index contributed by atoms with van der Waals surface area (Å²) in [6.45, 7) is 9.61. The largest absolute Gasteiger partial charge is 0.493 e. The van der Waals surface area contributed by atoms with E-state index < -0.39 is 80.2 Å². The Morgan fingerprint density at radius 2 is 1.85 bits per heavy atom.